The van der Waals surface area contributed by atoms with Gasteiger partial charge in [0.2, 0.25) is 0 Å². The van der Waals surface area contributed by atoms with E-state index in [4.69, 9.17) is 17.3 Å². The fourth-order valence-corrected chi connectivity index (χ4v) is 2.98. The van der Waals surface area contributed by atoms with Gasteiger partial charge in [-0.25, -0.2) is 0 Å². The molecule has 0 radical (unpaired) electrons. The number of carboxylic acids is 1. The number of rotatable bonds is 5. The molecule has 0 atom stereocenters. The number of benzene rings is 1. The van der Waals surface area contributed by atoms with Crippen LogP contribution in [0.3, 0.4) is 0 Å². The normalized spacial score (nSPS) is 15.4. The van der Waals surface area contributed by atoms with Crippen LogP contribution in [-0.2, 0) is 11.3 Å². The Hall–Kier alpha value is -1.62. The van der Waals surface area contributed by atoms with Gasteiger partial charge in [-0.3, -0.25) is 4.79 Å². The number of nitrogens with zero attached hydrogens (tertiary/aromatic N) is 1. The molecule has 1 aliphatic carbocycles. The van der Waals surface area contributed by atoms with Gasteiger partial charge in [-0.1, -0.05) is 49.6 Å². The first kappa shape index (κ1) is 15.8. The summed E-state index contributed by atoms with van der Waals surface area (Å²) >= 11 is 5.43. The van der Waals surface area contributed by atoms with E-state index in [0.717, 1.165) is 18.4 Å². The van der Waals surface area contributed by atoms with Crippen molar-refractivity contribution in [2.24, 2.45) is 0 Å². The molecule has 5 heteroatoms. The van der Waals surface area contributed by atoms with E-state index in [1.807, 2.05) is 30.3 Å². The van der Waals surface area contributed by atoms with Crippen LogP contribution in [0.5, 0.6) is 0 Å². The van der Waals surface area contributed by atoms with Gasteiger partial charge in [0.05, 0.1) is 0 Å². The van der Waals surface area contributed by atoms with E-state index in [9.17, 15) is 4.79 Å². The number of hydrogen-bond acceptors (Lipinski definition) is 2. The van der Waals surface area contributed by atoms with Crippen LogP contribution in [0.1, 0.15) is 37.7 Å². The second-order valence-corrected chi connectivity index (χ2v) is 5.91. The number of aliphatic carboxylic acids is 1. The Labute approximate surface area is 131 Å². The standard InChI is InChI=1S/C16H22N2O2S/c19-15(20)12-18(11-13-7-3-1-4-8-13)16(21)17-14-9-5-2-6-10-14/h1,3-4,7-8,14H,2,5-6,9-12H2,(H,17,21)(H,19,20). The Balaban J connectivity index is 1.97. The molecule has 0 unspecified atom stereocenters. The zero-order valence-electron chi connectivity index (χ0n) is 12.1. The minimum Gasteiger partial charge on any atom is -0.480 e. The minimum absolute atomic E-state index is 0.0759. The van der Waals surface area contributed by atoms with Crippen LogP contribution in [0.25, 0.3) is 0 Å². The van der Waals surface area contributed by atoms with Crippen molar-refractivity contribution in [1.82, 2.24) is 10.2 Å². The number of hydrogen-bond donors (Lipinski definition) is 2. The molecule has 0 aliphatic heterocycles. The van der Waals surface area contributed by atoms with E-state index in [-0.39, 0.29) is 6.54 Å². The Kier molecular flexibility index (Phi) is 5.99. The van der Waals surface area contributed by atoms with Gasteiger partial charge < -0.3 is 15.3 Å². The summed E-state index contributed by atoms with van der Waals surface area (Å²) in [4.78, 5) is 12.8. The molecule has 0 bridgehead atoms. The second-order valence-electron chi connectivity index (χ2n) is 5.52. The fraction of sp³-hybridized carbons (Fsp3) is 0.500. The van der Waals surface area contributed by atoms with E-state index in [1.54, 1.807) is 4.90 Å². The van der Waals surface area contributed by atoms with E-state index in [0.29, 0.717) is 17.7 Å². The third-order valence-electron chi connectivity index (χ3n) is 3.76. The topological polar surface area (TPSA) is 52.6 Å². The van der Waals surface area contributed by atoms with Gasteiger partial charge in [-0.05, 0) is 30.6 Å². The minimum atomic E-state index is -0.862. The summed E-state index contributed by atoms with van der Waals surface area (Å²) in [6, 6.07) is 10.2. The first-order chi connectivity index (χ1) is 10.1. The summed E-state index contributed by atoms with van der Waals surface area (Å²) in [6.07, 6.45) is 5.96. The van der Waals surface area contributed by atoms with Gasteiger partial charge in [0, 0.05) is 12.6 Å². The number of thiocarbonyl (C=S) groups is 1. The second kappa shape index (κ2) is 7.98. The van der Waals surface area contributed by atoms with Crippen LogP contribution < -0.4 is 5.32 Å². The average molecular weight is 306 g/mol. The molecule has 0 aromatic heterocycles. The molecular formula is C16H22N2O2S. The number of carboxylic acid groups (broad SMARTS) is 1. The van der Waals surface area contributed by atoms with E-state index in [2.05, 4.69) is 5.32 Å². The quantitative estimate of drug-likeness (QED) is 0.819. The van der Waals surface area contributed by atoms with E-state index in [1.165, 1.54) is 19.3 Å². The molecule has 21 heavy (non-hydrogen) atoms. The Morgan fingerprint density at radius 2 is 1.90 bits per heavy atom. The maximum atomic E-state index is 11.1. The van der Waals surface area contributed by atoms with Crippen LogP contribution >= 0.6 is 12.2 Å². The van der Waals surface area contributed by atoms with E-state index < -0.39 is 5.97 Å². The monoisotopic (exact) mass is 306 g/mol. The van der Waals surface area contributed by atoms with Crippen molar-refractivity contribution >= 4 is 23.3 Å². The Morgan fingerprint density at radius 1 is 1.24 bits per heavy atom. The predicted molar refractivity (Wildman–Crippen MR) is 87.1 cm³/mol. The van der Waals surface area contributed by atoms with Crippen molar-refractivity contribution in [1.29, 1.82) is 0 Å². The highest BCUT2D eigenvalue weighted by Crippen LogP contribution is 2.18. The number of nitrogens with one attached hydrogen (secondary N) is 1. The molecule has 0 saturated heterocycles. The molecule has 0 spiro atoms. The van der Waals surface area contributed by atoms with Crippen LogP contribution in [0, 0.1) is 0 Å². The lowest BCUT2D eigenvalue weighted by Crippen LogP contribution is -2.46. The maximum Gasteiger partial charge on any atom is 0.323 e. The third-order valence-corrected chi connectivity index (χ3v) is 4.14. The molecular weight excluding hydrogens is 284 g/mol. The molecule has 0 amide bonds. The lowest BCUT2D eigenvalue weighted by molar-refractivity contribution is -0.137. The molecule has 4 nitrogen and oxygen atoms in total. The highest BCUT2D eigenvalue weighted by atomic mass is 32.1. The highest BCUT2D eigenvalue weighted by Gasteiger charge is 2.19. The first-order valence-electron chi connectivity index (χ1n) is 7.46. The molecule has 2 rings (SSSR count). The zero-order chi connectivity index (χ0) is 15.1. The fourth-order valence-electron chi connectivity index (χ4n) is 2.68. The van der Waals surface area contributed by atoms with Crippen LogP contribution in [-0.4, -0.2) is 33.7 Å². The summed E-state index contributed by atoms with van der Waals surface area (Å²) in [5.74, 6) is -0.862. The smallest absolute Gasteiger partial charge is 0.323 e. The summed E-state index contributed by atoms with van der Waals surface area (Å²) in [5.41, 5.74) is 1.06. The van der Waals surface area contributed by atoms with Gasteiger partial charge in [0.15, 0.2) is 5.11 Å². The zero-order valence-corrected chi connectivity index (χ0v) is 12.9. The maximum absolute atomic E-state index is 11.1. The molecule has 1 aromatic carbocycles. The summed E-state index contributed by atoms with van der Waals surface area (Å²) in [7, 11) is 0. The summed E-state index contributed by atoms with van der Waals surface area (Å²) in [6.45, 7) is 0.444. The van der Waals surface area contributed by atoms with Crippen molar-refractivity contribution in [2.45, 2.75) is 44.7 Å². The molecule has 114 valence electrons. The number of carbonyl (C=O) groups is 1. The van der Waals surface area contributed by atoms with Gasteiger partial charge in [-0.2, -0.15) is 0 Å². The van der Waals surface area contributed by atoms with Crippen LogP contribution in [0.2, 0.25) is 0 Å². The molecule has 1 fully saturated rings. The predicted octanol–water partition coefficient (Wildman–Crippen LogP) is 2.78. The van der Waals surface area contributed by atoms with Crippen molar-refractivity contribution in [3.8, 4) is 0 Å². The molecule has 1 aromatic rings. The van der Waals surface area contributed by atoms with E-state index >= 15 is 0 Å². The lowest BCUT2D eigenvalue weighted by atomic mass is 9.96. The van der Waals surface area contributed by atoms with Gasteiger partial charge in [-0.15, -0.1) is 0 Å². The van der Waals surface area contributed by atoms with Crippen molar-refractivity contribution in [3.05, 3.63) is 35.9 Å². The third kappa shape index (κ3) is 5.34. The Morgan fingerprint density at radius 3 is 2.52 bits per heavy atom. The summed E-state index contributed by atoms with van der Waals surface area (Å²) < 4.78 is 0. The molecule has 0 heterocycles. The van der Waals surface area contributed by atoms with Crippen LogP contribution in [0.15, 0.2) is 30.3 Å². The Bertz CT molecular complexity index is 472. The van der Waals surface area contributed by atoms with Gasteiger partial charge >= 0.3 is 5.97 Å². The van der Waals surface area contributed by atoms with Crippen LogP contribution in [0.4, 0.5) is 0 Å². The SMILES string of the molecule is O=C(O)CN(Cc1ccccc1)C(=S)NC1CCCCC1. The highest BCUT2D eigenvalue weighted by molar-refractivity contribution is 7.80. The van der Waals surface area contributed by atoms with Gasteiger partial charge in [0.25, 0.3) is 0 Å². The lowest BCUT2D eigenvalue weighted by Gasteiger charge is -2.30. The molecule has 2 N–H and O–H groups in total. The molecule has 1 saturated carbocycles. The average Bonchev–Trinajstić information content (AvgIpc) is 2.48. The van der Waals surface area contributed by atoms with Crippen molar-refractivity contribution in [2.75, 3.05) is 6.54 Å². The molecule has 1 aliphatic rings. The van der Waals surface area contributed by atoms with Crippen molar-refractivity contribution in [3.63, 3.8) is 0 Å². The largest absolute Gasteiger partial charge is 0.480 e. The van der Waals surface area contributed by atoms with Crippen molar-refractivity contribution < 1.29 is 9.90 Å². The summed E-state index contributed by atoms with van der Waals surface area (Å²) in [5, 5.41) is 13.0. The van der Waals surface area contributed by atoms with Gasteiger partial charge in [0.1, 0.15) is 6.54 Å². The first-order valence-corrected chi connectivity index (χ1v) is 7.87.